The minimum absolute atomic E-state index is 0.0410. The molecule has 7 nitrogen and oxygen atoms in total. The molecule has 2 heterocycles. The second kappa shape index (κ2) is 9.00. The molecule has 0 saturated carbocycles. The highest BCUT2D eigenvalue weighted by Gasteiger charge is 2.41. The first-order valence-corrected chi connectivity index (χ1v) is 12.3. The van der Waals surface area contributed by atoms with Gasteiger partial charge in [0.25, 0.3) is 0 Å². The minimum atomic E-state index is -3.94. The van der Waals surface area contributed by atoms with Gasteiger partial charge in [0.05, 0.1) is 23.7 Å². The van der Waals surface area contributed by atoms with E-state index < -0.39 is 16.1 Å². The van der Waals surface area contributed by atoms with E-state index in [-0.39, 0.29) is 27.5 Å². The molecule has 1 fully saturated rings. The zero-order chi connectivity index (χ0) is 20.3. The normalized spacial score (nSPS) is 17.6. The number of nitrogens with zero attached hydrogens (tertiary/aromatic N) is 2. The van der Waals surface area contributed by atoms with E-state index in [9.17, 15) is 13.2 Å². The average Bonchev–Trinajstić information content (AvgIpc) is 3.31. The lowest BCUT2D eigenvalue weighted by Gasteiger charge is -2.23. The van der Waals surface area contributed by atoms with Crippen molar-refractivity contribution < 1.29 is 17.9 Å². The van der Waals surface area contributed by atoms with Gasteiger partial charge in [-0.3, -0.25) is 4.79 Å². The zero-order valence-electron chi connectivity index (χ0n) is 15.3. The van der Waals surface area contributed by atoms with E-state index >= 15 is 0 Å². The van der Waals surface area contributed by atoms with Gasteiger partial charge in [0.2, 0.25) is 15.9 Å². The van der Waals surface area contributed by atoms with Crippen molar-refractivity contribution in [3.05, 3.63) is 39.3 Å². The quantitative estimate of drug-likeness (QED) is 0.681. The number of methoxy groups -OCH3 is 1. The van der Waals surface area contributed by atoms with Crippen molar-refractivity contribution >= 4 is 50.6 Å². The SMILES string of the molecule is COc1ccc(Cl)cc1S(=O)(=O)N1CSCC1C(=O)NCCc1csc(C)n1. The van der Waals surface area contributed by atoms with E-state index in [0.29, 0.717) is 18.7 Å². The largest absolute Gasteiger partial charge is 0.495 e. The van der Waals surface area contributed by atoms with Crippen molar-refractivity contribution in [3.63, 3.8) is 0 Å². The summed E-state index contributed by atoms with van der Waals surface area (Å²) in [4.78, 5) is 17.0. The minimum Gasteiger partial charge on any atom is -0.495 e. The van der Waals surface area contributed by atoms with Crippen molar-refractivity contribution in [1.29, 1.82) is 0 Å². The second-order valence-corrected chi connectivity index (χ2v) is 10.5. The molecule has 2 aromatic rings. The molecule has 1 aromatic heterocycles. The monoisotopic (exact) mass is 461 g/mol. The average molecular weight is 462 g/mol. The Kier molecular flexibility index (Phi) is 6.87. The number of amides is 1. The van der Waals surface area contributed by atoms with Crippen molar-refractivity contribution in [3.8, 4) is 5.75 Å². The Morgan fingerprint density at radius 2 is 2.25 bits per heavy atom. The van der Waals surface area contributed by atoms with Crippen LogP contribution in [0.5, 0.6) is 5.75 Å². The van der Waals surface area contributed by atoms with Crippen LogP contribution in [0.1, 0.15) is 10.7 Å². The smallest absolute Gasteiger partial charge is 0.248 e. The van der Waals surface area contributed by atoms with Crippen LogP contribution >= 0.6 is 34.7 Å². The molecule has 152 valence electrons. The van der Waals surface area contributed by atoms with Crippen LogP contribution in [0.4, 0.5) is 0 Å². The number of benzene rings is 1. The molecule has 3 rings (SSSR count). The molecule has 11 heteroatoms. The van der Waals surface area contributed by atoms with Crippen molar-refractivity contribution in [1.82, 2.24) is 14.6 Å². The molecule has 1 aliphatic rings. The lowest BCUT2D eigenvalue weighted by Crippen LogP contribution is -2.47. The summed E-state index contributed by atoms with van der Waals surface area (Å²) in [5.41, 5.74) is 0.914. The number of carbonyl (C=O) groups is 1. The molecule has 1 aliphatic heterocycles. The van der Waals surface area contributed by atoms with E-state index in [0.717, 1.165) is 10.7 Å². The molecule has 1 unspecified atom stereocenters. The molecular weight excluding hydrogens is 442 g/mol. The first-order valence-electron chi connectivity index (χ1n) is 8.45. The fourth-order valence-corrected chi connectivity index (χ4v) is 7.02. The first-order chi connectivity index (χ1) is 13.3. The molecule has 1 saturated heterocycles. The molecule has 1 amide bonds. The third kappa shape index (κ3) is 4.62. The molecule has 0 aliphatic carbocycles. The van der Waals surface area contributed by atoms with Gasteiger partial charge in [-0.1, -0.05) is 11.6 Å². The molecule has 0 bridgehead atoms. The Balaban J connectivity index is 1.72. The van der Waals surface area contributed by atoms with Crippen LogP contribution in [-0.2, 0) is 21.2 Å². The predicted molar refractivity (Wildman–Crippen MR) is 112 cm³/mol. The number of hydrogen-bond donors (Lipinski definition) is 1. The molecule has 1 atom stereocenters. The predicted octanol–water partition coefficient (Wildman–Crippen LogP) is 2.54. The van der Waals surface area contributed by atoms with Gasteiger partial charge in [-0.25, -0.2) is 13.4 Å². The number of hydrogen-bond acceptors (Lipinski definition) is 7. The number of aryl methyl sites for hydroxylation is 1. The number of thioether (sulfide) groups is 1. The van der Waals surface area contributed by atoms with Crippen LogP contribution in [0, 0.1) is 6.92 Å². The first kappa shape index (κ1) is 21.4. The molecular formula is C17H20ClN3O4S3. The van der Waals surface area contributed by atoms with Crippen LogP contribution in [0.15, 0.2) is 28.5 Å². The van der Waals surface area contributed by atoms with Gasteiger partial charge in [0, 0.05) is 29.1 Å². The number of nitrogens with one attached hydrogen (secondary N) is 1. The summed E-state index contributed by atoms with van der Waals surface area (Å²) in [5, 5.41) is 6.03. The Labute approximate surface area is 177 Å². The number of rotatable bonds is 7. The van der Waals surface area contributed by atoms with E-state index in [1.807, 2.05) is 12.3 Å². The van der Waals surface area contributed by atoms with Crippen molar-refractivity contribution in [2.75, 3.05) is 25.3 Å². The summed E-state index contributed by atoms with van der Waals surface area (Å²) >= 11 is 8.94. The van der Waals surface area contributed by atoms with Crippen LogP contribution in [0.25, 0.3) is 0 Å². The molecule has 0 radical (unpaired) electrons. The summed E-state index contributed by atoms with van der Waals surface area (Å²) in [6.07, 6.45) is 0.602. The maximum absolute atomic E-state index is 13.2. The maximum Gasteiger partial charge on any atom is 0.248 e. The number of carbonyl (C=O) groups excluding carboxylic acids is 1. The number of thiazole rings is 1. The van der Waals surface area contributed by atoms with Crippen molar-refractivity contribution in [2.24, 2.45) is 0 Å². The highest BCUT2D eigenvalue weighted by molar-refractivity contribution is 8.00. The molecule has 1 N–H and O–H groups in total. The maximum atomic E-state index is 13.2. The van der Waals surface area contributed by atoms with Crippen LogP contribution < -0.4 is 10.1 Å². The Morgan fingerprint density at radius 1 is 1.46 bits per heavy atom. The summed E-state index contributed by atoms with van der Waals surface area (Å²) in [6.45, 7) is 2.33. The van der Waals surface area contributed by atoms with Gasteiger partial charge in [-0.15, -0.1) is 23.1 Å². The Hall–Kier alpha value is -1.33. The standard InChI is InChI=1S/C17H20ClN3O4S3/c1-11-20-13(8-27-11)5-6-19-17(22)14-9-26-10-21(14)28(23,24)16-7-12(18)3-4-15(16)25-2/h3-4,7-8,14H,5-6,9-10H2,1-2H3,(H,19,22). The third-order valence-electron chi connectivity index (χ3n) is 4.20. The second-order valence-electron chi connectivity index (χ2n) is 6.10. The summed E-state index contributed by atoms with van der Waals surface area (Å²) < 4.78 is 32.7. The number of sulfonamides is 1. The van der Waals surface area contributed by atoms with Gasteiger partial charge in [-0.2, -0.15) is 4.31 Å². The third-order valence-corrected chi connectivity index (χ3v) is 8.31. The molecule has 28 heavy (non-hydrogen) atoms. The highest BCUT2D eigenvalue weighted by atomic mass is 35.5. The fourth-order valence-electron chi connectivity index (χ4n) is 2.80. The number of aromatic nitrogens is 1. The van der Waals surface area contributed by atoms with Crippen LogP contribution in [0.2, 0.25) is 5.02 Å². The van der Waals surface area contributed by atoms with Crippen LogP contribution in [-0.4, -0.2) is 54.9 Å². The van der Waals surface area contributed by atoms with Crippen LogP contribution in [0.3, 0.4) is 0 Å². The van der Waals surface area contributed by atoms with Gasteiger partial charge in [0.1, 0.15) is 16.7 Å². The zero-order valence-corrected chi connectivity index (χ0v) is 18.6. The lowest BCUT2D eigenvalue weighted by atomic mass is 10.3. The Morgan fingerprint density at radius 3 is 2.93 bits per heavy atom. The molecule has 0 spiro atoms. The summed E-state index contributed by atoms with van der Waals surface area (Å²) in [6, 6.07) is 3.63. The molecule has 1 aromatic carbocycles. The van der Waals surface area contributed by atoms with Crippen molar-refractivity contribution in [2.45, 2.75) is 24.3 Å². The van der Waals surface area contributed by atoms with E-state index in [1.54, 1.807) is 17.4 Å². The van der Waals surface area contributed by atoms with Gasteiger partial charge in [0.15, 0.2) is 0 Å². The lowest BCUT2D eigenvalue weighted by molar-refractivity contribution is -0.123. The Bertz CT molecular complexity index is 964. The van der Waals surface area contributed by atoms with Gasteiger partial charge >= 0.3 is 0 Å². The fraction of sp³-hybridized carbons (Fsp3) is 0.412. The van der Waals surface area contributed by atoms with Gasteiger partial charge < -0.3 is 10.1 Å². The topological polar surface area (TPSA) is 88.6 Å². The number of halogens is 1. The summed E-state index contributed by atoms with van der Waals surface area (Å²) in [7, 11) is -2.55. The number of ether oxygens (including phenoxy) is 1. The van der Waals surface area contributed by atoms with E-state index in [4.69, 9.17) is 16.3 Å². The van der Waals surface area contributed by atoms with Gasteiger partial charge in [-0.05, 0) is 25.1 Å². The van der Waals surface area contributed by atoms with E-state index in [1.165, 1.54) is 35.3 Å². The van der Waals surface area contributed by atoms with E-state index in [2.05, 4.69) is 10.3 Å². The highest BCUT2D eigenvalue weighted by Crippen LogP contribution is 2.34. The summed E-state index contributed by atoms with van der Waals surface area (Å²) in [5.74, 6) is 0.464.